The molecule has 0 saturated carbocycles. The first-order valence-electron chi connectivity index (χ1n) is 7.23. The Balaban J connectivity index is 0.000000200. The van der Waals surface area contributed by atoms with Gasteiger partial charge in [-0.1, -0.05) is 46.1 Å². The van der Waals surface area contributed by atoms with E-state index in [1.165, 1.54) is 33.1 Å². The Hall–Kier alpha value is -0.807. The first-order chi connectivity index (χ1) is 9.31. The average Bonchev–Trinajstić information content (AvgIpc) is 2.83. The molecule has 0 bridgehead atoms. The molecule has 108 valence electrons. The zero-order valence-corrected chi connectivity index (χ0v) is 16.4. The van der Waals surface area contributed by atoms with Gasteiger partial charge in [-0.2, -0.15) is 17.2 Å². The van der Waals surface area contributed by atoms with Crippen molar-refractivity contribution < 1.29 is 26.2 Å². The number of hydrogen-bond donors (Lipinski definition) is 0. The molecule has 0 saturated heterocycles. The van der Waals surface area contributed by atoms with Gasteiger partial charge in [-0.05, 0) is 0 Å². The zero-order valence-electron chi connectivity index (χ0n) is 14.0. The Kier molecular flexibility index (Phi) is 6.05. The van der Waals surface area contributed by atoms with Gasteiger partial charge in [-0.25, -0.2) is 5.57 Å². The van der Waals surface area contributed by atoms with Crippen LogP contribution in [0.2, 0.25) is 0 Å². The fraction of sp³-hybridized carbons (Fsp3) is 0.350. The van der Waals surface area contributed by atoms with E-state index in [2.05, 4.69) is 84.0 Å². The monoisotopic (exact) mass is 354 g/mol. The molecule has 0 N–H and O–H groups in total. The summed E-state index contributed by atoms with van der Waals surface area (Å²) in [6.07, 6.45) is 3.44. The number of benzene rings is 1. The largest absolute Gasteiger partial charge is 2.00 e. The van der Waals surface area contributed by atoms with E-state index in [-0.39, 0.29) is 31.6 Å². The van der Waals surface area contributed by atoms with E-state index in [4.69, 9.17) is 0 Å². The fourth-order valence-corrected chi connectivity index (χ4v) is 2.71. The van der Waals surface area contributed by atoms with Crippen molar-refractivity contribution in [3.05, 3.63) is 64.8 Å². The van der Waals surface area contributed by atoms with Gasteiger partial charge in [0.2, 0.25) is 0 Å². The van der Waals surface area contributed by atoms with Gasteiger partial charge in [0.15, 0.2) is 0 Å². The van der Waals surface area contributed by atoms with Crippen molar-refractivity contribution in [3.63, 3.8) is 0 Å². The van der Waals surface area contributed by atoms with Gasteiger partial charge in [-0.3, -0.25) is 6.08 Å². The summed E-state index contributed by atoms with van der Waals surface area (Å²) in [4.78, 5) is 0. The van der Waals surface area contributed by atoms with E-state index in [9.17, 15) is 0 Å². The van der Waals surface area contributed by atoms with Crippen LogP contribution in [0.3, 0.4) is 0 Å². The Bertz CT molecular complexity index is 648. The smallest absolute Gasteiger partial charge is 0.263 e. The number of rotatable bonds is 0. The van der Waals surface area contributed by atoms with Crippen LogP contribution >= 0.6 is 0 Å². The molecule has 0 amide bonds. The molecule has 0 aliphatic heterocycles. The van der Waals surface area contributed by atoms with E-state index in [0.717, 1.165) is 0 Å². The summed E-state index contributed by atoms with van der Waals surface area (Å²) in [5.41, 5.74) is 5.74. The molecule has 0 atom stereocenters. The Labute approximate surface area is 148 Å². The van der Waals surface area contributed by atoms with E-state index in [0.29, 0.717) is 0 Å². The van der Waals surface area contributed by atoms with Gasteiger partial charge < -0.3 is 0 Å². The Morgan fingerprint density at radius 1 is 1.00 bits per heavy atom. The first-order valence-corrected chi connectivity index (χ1v) is 7.23. The van der Waals surface area contributed by atoms with Gasteiger partial charge >= 0.3 is 26.2 Å². The van der Waals surface area contributed by atoms with Crippen molar-refractivity contribution in [2.45, 2.75) is 41.5 Å². The molecule has 1 heteroatoms. The van der Waals surface area contributed by atoms with Crippen molar-refractivity contribution >= 4 is 10.8 Å². The molecule has 0 nitrogen and oxygen atoms in total. The summed E-state index contributed by atoms with van der Waals surface area (Å²) in [5, 5.41) is 2.69. The number of aryl methyl sites for hydroxylation is 1. The summed E-state index contributed by atoms with van der Waals surface area (Å²) < 4.78 is 0. The Morgan fingerprint density at radius 2 is 1.62 bits per heavy atom. The van der Waals surface area contributed by atoms with Crippen LogP contribution in [0.4, 0.5) is 0 Å². The van der Waals surface area contributed by atoms with Crippen LogP contribution < -0.4 is 0 Å². The molecule has 0 unspecified atom stereocenters. The molecule has 2 aromatic carbocycles. The topological polar surface area (TPSA) is 0 Å². The van der Waals surface area contributed by atoms with Gasteiger partial charge in [0.1, 0.15) is 0 Å². The minimum atomic E-state index is 0. The normalized spacial score (nSPS) is 16.2. The number of fused-ring (bicyclic) bond motifs is 1. The second kappa shape index (κ2) is 6.97. The summed E-state index contributed by atoms with van der Waals surface area (Å²) in [6, 6.07) is 12.8. The minimum absolute atomic E-state index is 0. The third-order valence-electron chi connectivity index (χ3n) is 4.32. The second-order valence-corrected chi connectivity index (χ2v) is 6.29. The maximum absolute atomic E-state index is 3.44. The molecule has 0 radical (unpaired) electrons. The zero-order chi connectivity index (χ0) is 14.9. The van der Waals surface area contributed by atoms with Crippen molar-refractivity contribution in [3.8, 4) is 0 Å². The van der Waals surface area contributed by atoms with Crippen molar-refractivity contribution in [1.29, 1.82) is 0 Å². The SMILES string of the molecule is CC1=[C-]C(C)(C)C(C)=C1C.Cc1cc2ccccc2[cH-]1.[Zr+2]. The van der Waals surface area contributed by atoms with Gasteiger partial charge in [0.05, 0.1) is 0 Å². The van der Waals surface area contributed by atoms with Crippen LogP contribution in [0.1, 0.15) is 40.2 Å². The average molecular weight is 356 g/mol. The number of allylic oxidation sites excluding steroid dienone is 4. The van der Waals surface area contributed by atoms with Crippen LogP contribution in [-0.4, -0.2) is 0 Å². The first kappa shape index (κ1) is 18.2. The third kappa shape index (κ3) is 4.10. The van der Waals surface area contributed by atoms with Gasteiger partial charge in [0, 0.05) is 0 Å². The summed E-state index contributed by atoms with van der Waals surface area (Å²) in [6.45, 7) is 13.0. The maximum Gasteiger partial charge on any atom is 2.00 e. The summed E-state index contributed by atoms with van der Waals surface area (Å²) in [5.74, 6) is 0. The molecular weight excluding hydrogens is 331 g/mol. The van der Waals surface area contributed by atoms with Crippen LogP contribution in [0, 0.1) is 18.4 Å². The van der Waals surface area contributed by atoms with E-state index >= 15 is 0 Å². The molecule has 0 fully saturated rings. The van der Waals surface area contributed by atoms with Gasteiger partial charge in [-0.15, -0.1) is 47.5 Å². The van der Waals surface area contributed by atoms with E-state index < -0.39 is 0 Å². The minimum Gasteiger partial charge on any atom is -0.263 e. The molecule has 0 aromatic heterocycles. The van der Waals surface area contributed by atoms with Crippen LogP contribution in [0.25, 0.3) is 10.8 Å². The Morgan fingerprint density at radius 3 is 2.05 bits per heavy atom. The summed E-state index contributed by atoms with van der Waals surface area (Å²) in [7, 11) is 0. The maximum atomic E-state index is 3.44. The molecule has 21 heavy (non-hydrogen) atoms. The summed E-state index contributed by atoms with van der Waals surface area (Å²) >= 11 is 0. The quantitative estimate of drug-likeness (QED) is 0.510. The third-order valence-corrected chi connectivity index (χ3v) is 4.32. The second-order valence-electron chi connectivity index (χ2n) is 6.29. The predicted octanol–water partition coefficient (Wildman–Crippen LogP) is 5.98. The standard InChI is InChI=1S/C10H9.C10H15.Zr/c1-8-6-9-4-2-3-5-10(9)7-8;1-7-6-10(4,5)9(3)8(7)2;/h2-7H,1H3;1-5H3;/q2*-1;+2. The van der Waals surface area contributed by atoms with Crippen molar-refractivity contribution in [2.75, 3.05) is 0 Å². The van der Waals surface area contributed by atoms with Crippen LogP contribution in [0.5, 0.6) is 0 Å². The van der Waals surface area contributed by atoms with Crippen molar-refractivity contribution in [1.82, 2.24) is 0 Å². The molecule has 1 aliphatic rings. The number of hydrogen-bond acceptors (Lipinski definition) is 0. The molecule has 0 spiro atoms. The molecule has 1 aliphatic carbocycles. The molecule has 0 heterocycles. The molecule has 3 rings (SSSR count). The fourth-order valence-electron chi connectivity index (χ4n) is 2.71. The molecular formula is C20H24Zr. The van der Waals surface area contributed by atoms with E-state index in [1.54, 1.807) is 0 Å². The van der Waals surface area contributed by atoms with Crippen LogP contribution in [-0.2, 0) is 26.2 Å². The van der Waals surface area contributed by atoms with E-state index in [1.807, 2.05) is 0 Å². The van der Waals surface area contributed by atoms with Gasteiger partial charge in [0.25, 0.3) is 0 Å². The van der Waals surface area contributed by atoms with Crippen LogP contribution in [0.15, 0.2) is 53.1 Å². The molecule has 2 aromatic rings. The predicted molar refractivity (Wildman–Crippen MR) is 88.9 cm³/mol. The van der Waals surface area contributed by atoms with Crippen molar-refractivity contribution in [2.24, 2.45) is 5.41 Å².